The highest BCUT2D eigenvalue weighted by molar-refractivity contribution is 6.03. The van der Waals surface area contributed by atoms with Gasteiger partial charge < -0.3 is 65.4 Å². The highest BCUT2D eigenvalue weighted by Crippen LogP contribution is 2.48. The number of carboxylic acid groups (broad SMARTS) is 1. The number of carbonyl (C=O) groups excluding carboxylic acids is 1. The number of aliphatic carboxylic acids is 1. The van der Waals surface area contributed by atoms with Crippen LogP contribution >= 0.6 is 0 Å². The zero-order valence-electron chi connectivity index (χ0n) is 25.3. The van der Waals surface area contributed by atoms with Gasteiger partial charge in [-0.25, -0.2) is 5.84 Å². The van der Waals surface area contributed by atoms with Crippen molar-refractivity contribution in [3.05, 3.63) is 47.1 Å². The number of rotatable bonds is 9. The van der Waals surface area contributed by atoms with Crippen LogP contribution in [0.5, 0.6) is 5.75 Å². The van der Waals surface area contributed by atoms with Crippen LogP contribution < -0.4 is 16.6 Å². The molecule has 0 bridgehead atoms. The second-order valence-electron chi connectivity index (χ2n) is 11.4. The molecule has 2 heterocycles. The van der Waals surface area contributed by atoms with Gasteiger partial charge in [0.15, 0.2) is 12.6 Å². The minimum absolute atomic E-state index is 0.00736. The number of benzene rings is 1. The summed E-state index contributed by atoms with van der Waals surface area (Å²) in [6.07, 6.45) is -13.2. The Kier molecular flexibility index (Phi) is 10.8. The molecule has 4 rings (SSSR count). The Labute approximate surface area is 263 Å². The smallest absolute Gasteiger partial charge is 0.325 e. The number of phenolic OH excluding ortho intramolecular Hbond substituents is 1. The summed E-state index contributed by atoms with van der Waals surface area (Å²) < 4.78 is 23.3. The average molecular weight is 653 g/mol. The fourth-order valence-electron chi connectivity index (χ4n) is 5.63. The van der Waals surface area contributed by atoms with Gasteiger partial charge in [0, 0.05) is 5.56 Å². The van der Waals surface area contributed by atoms with E-state index in [1.54, 1.807) is 6.92 Å². The predicted molar refractivity (Wildman–Crippen MR) is 158 cm³/mol. The molecule has 0 saturated carbocycles. The van der Waals surface area contributed by atoms with Crippen molar-refractivity contribution in [1.82, 2.24) is 10.7 Å². The maximum absolute atomic E-state index is 13.0. The van der Waals surface area contributed by atoms with Crippen LogP contribution in [-0.2, 0) is 23.7 Å². The van der Waals surface area contributed by atoms with Gasteiger partial charge in [-0.1, -0.05) is 19.2 Å². The second kappa shape index (κ2) is 14.1. The summed E-state index contributed by atoms with van der Waals surface area (Å²) in [5, 5.41) is 75.9. The van der Waals surface area contributed by atoms with Crippen molar-refractivity contribution in [2.45, 2.75) is 94.3 Å². The Hall–Kier alpha value is -3.49. The maximum Gasteiger partial charge on any atom is 0.325 e. The number of nitrogens with two attached hydrogens (primary N) is 1. The molecule has 0 aromatic heterocycles. The number of aryl methyl sites for hydroxylation is 1. The fourth-order valence-corrected chi connectivity index (χ4v) is 5.63. The lowest BCUT2D eigenvalue weighted by Crippen LogP contribution is -2.62. The van der Waals surface area contributed by atoms with E-state index in [1.165, 1.54) is 19.9 Å². The van der Waals surface area contributed by atoms with E-state index >= 15 is 0 Å². The first kappa shape index (κ1) is 35.4. The van der Waals surface area contributed by atoms with Gasteiger partial charge in [-0.15, -0.1) is 0 Å². The highest BCUT2D eigenvalue weighted by atomic mass is 16.7. The SMILES string of the molecule is C=C1C(=C)C(O)C(OC2OC(C)C(N=CNN)C(OC3OCC(O)C(O)C3O)C2O)c2cc(C)c(C(=O)NC(C)C(=O)O)c(O)c21. The summed E-state index contributed by atoms with van der Waals surface area (Å²) in [4.78, 5) is 28.5. The number of phenols is 1. The average Bonchev–Trinajstić information content (AvgIpc) is 2.99. The largest absolute Gasteiger partial charge is 0.506 e. The number of aliphatic hydroxyl groups excluding tert-OH is 5. The number of nitrogens with one attached hydrogen (secondary N) is 2. The number of carbonyl (C=O) groups is 2. The van der Waals surface area contributed by atoms with Crippen LogP contribution in [0.1, 0.15) is 47.0 Å². The molecule has 1 aromatic carbocycles. The molecule has 0 spiro atoms. The van der Waals surface area contributed by atoms with E-state index in [9.17, 15) is 45.3 Å². The number of hydrogen-bond acceptors (Lipinski definition) is 14. The molecule has 2 fully saturated rings. The van der Waals surface area contributed by atoms with Crippen molar-refractivity contribution in [2.75, 3.05) is 6.61 Å². The van der Waals surface area contributed by atoms with Gasteiger partial charge in [-0.2, -0.15) is 0 Å². The van der Waals surface area contributed by atoms with Crippen molar-refractivity contribution in [2.24, 2.45) is 10.8 Å². The number of hydrogen-bond donors (Lipinski definition) is 10. The number of aliphatic imine (C=N–C) groups is 1. The predicted octanol–water partition coefficient (Wildman–Crippen LogP) is -2.30. The minimum atomic E-state index is -1.69. The molecular formula is C29H40N4O13. The van der Waals surface area contributed by atoms with Gasteiger partial charge in [0.05, 0.1) is 24.6 Å². The van der Waals surface area contributed by atoms with Gasteiger partial charge in [-0.3, -0.25) is 14.6 Å². The van der Waals surface area contributed by atoms with E-state index in [1.807, 2.05) is 0 Å². The number of aliphatic hydroxyl groups is 5. The topological polar surface area (TPSA) is 275 Å². The summed E-state index contributed by atoms with van der Waals surface area (Å²) in [7, 11) is 0. The van der Waals surface area contributed by atoms with Crippen molar-refractivity contribution in [3.8, 4) is 5.75 Å². The molecule has 11 N–H and O–H groups in total. The zero-order chi connectivity index (χ0) is 34.2. The Bertz CT molecular complexity index is 1390. The third kappa shape index (κ3) is 6.65. The van der Waals surface area contributed by atoms with Gasteiger partial charge >= 0.3 is 5.97 Å². The zero-order valence-corrected chi connectivity index (χ0v) is 25.3. The lowest BCUT2D eigenvalue weighted by molar-refractivity contribution is -0.336. The molecule has 46 heavy (non-hydrogen) atoms. The first-order chi connectivity index (χ1) is 21.6. The lowest BCUT2D eigenvalue weighted by Gasteiger charge is -2.46. The number of ether oxygens (including phenoxy) is 4. The summed E-state index contributed by atoms with van der Waals surface area (Å²) >= 11 is 0. The Morgan fingerprint density at radius 2 is 1.80 bits per heavy atom. The maximum atomic E-state index is 13.0. The van der Waals surface area contributed by atoms with Crippen LogP contribution in [-0.4, -0.2) is 128 Å². The van der Waals surface area contributed by atoms with Crippen molar-refractivity contribution in [1.29, 1.82) is 0 Å². The van der Waals surface area contributed by atoms with Crippen LogP contribution in [0.3, 0.4) is 0 Å². The van der Waals surface area contributed by atoms with E-state index in [0.717, 1.165) is 6.34 Å². The monoisotopic (exact) mass is 652 g/mol. The molecule has 0 radical (unpaired) electrons. The number of carboxylic acids is 1. The molecule has 12 unspecified atom stereocenters. The molecule has 17 heteroatoms. The van der Waals surface area contributed by atoms with E-state index in [0.29, 0.717) is 0 Å². The van der Waals surface area contributed by atoms with Crippen molar-refractivity contribution >= 4 is 23.8 Å². The van der Waals surface area contributed by atoms with Crippen LogP contribution in [0.4, 0.5) is 0 Å². The van der Waals surface area contributed by atoms with Crippen molar-refractivity contribution < 1.29 is 64.3 Å². The number of aromatic hydroxyl groups is 1. The molecule has 254 valence electrons. The van der Waals surface area contributed by atoms with Gasteiger partial charge in [-0.05, 0) is 43.0 Å². The molecule has 17 nitrogen and oxygen atoms in total. The lowest BCUT2D eigenvalue weighted by atomic mass is 9.78. The second-order valence-corrected chi connectivity index (χ2v) is 11.4. The van der Waals surface area contributed by atoms with Crippen LogP contribution in [0.15, 0.2) is 29.8 Å². The molecular weight excluding hydrogens is 612 g/mol. The van der Waals surface area contributed by atoms with Crippen LogP contribution in [0.2, 0.25) is 0 Å². The van der Waals surface area contributed by atoms with Gasteiger partial charge in [0.25, 0.3) is 5.91 Å². The van der Waals surface area contributed by atoms with E-state index in [4.69, 9.17) is 24.8 Å². The van der Waals surface area contributed by atoms with E-state index in [-0.39, 0.29) is 40.0 Å². The minimum Gasteiger partial charge on any atom is -0.506 e. The van der Waals surface area contributed by atoms with Crippen LogP contribution in [0, 0.1) is 6.92 Å². The molecule has 3 aliphatic rings. The summed E-state index contributed by atoms with van der Waals surface area (Å²) in [6.45, 7) is 11.7. The molecule has 12 atom stereocenters. The normalized spacial score (nSPS) is 35.5. The van der Waals surface area contributed by atoms with Gasteiger partial charge in [0.1, 0.15) is 60.6 Å². The first-order valence-corrected chi connectivity index (χ1v) is 14.3. The number of hydrazine groups is 1. The van der Waals surface area contributed by atoms with E-state index < -0.39 is 91.1 Å². The Balaban J connectivity index is 1.69. The van der Waals surface area contributed by atoms with Gasteiger partial charge in [0.2, 0.25) is 0 Å². The molecule has 1 amide bonds. The highest BCUT2D eigenvalue weighted by Gasteiger charge is 2.50. The summed E-state index contributed by atoms with van der Waals surface area (Å²) in [5.74, 6) is 2.63. The van der Waals surface area contributed by atoms with Crippen LogP contribution in [0.25, 0.3) is 5.57 Å². The molecule has 2 saturated heterocycles. The number of nitrogens with zero attached hydrogens (tertiary/aromatic N) is 1. The first-order valence-electron chi connectivity index (χ1n) is 14.3. The summed E-state index contributed by atoms with van der Waals surface area (Å²) in [5.41, 5.74) is 2.51. The summed E-state index contributed by atoms with van der Waals surface area (Å²) in [6, 6.07) is -0.778. The standard InChI is InChI=1S/C29H40N4O13/c1-9-6-14-17(21(37)16(9)26(40)33-12(4)27(41)42)10(2)11(3)19(35)24(14)45-29-23(39)25(18(13(5)44-29)31-8-32-30)46-28-22(38)20(36)15(34)7-43-28/h6,8,12-13,15,18-20,22-25,28-29,34-39H,2-3,7,30H2,1,4-5H3,(H,31,32)(H,33,40)(H,41,42). The van der Waals surface area contributed by atoms with Crippen molar-refractivity contribution in [3.63, 3.8) is 0 Å². The fraction of sp³-hybridized carbons (Fsp3) is 0.552. The molecule has 2 aliphatic heterocycles. The quantitative estimate of drug-likeness (QED) is 0.0581. The number of amides is 1. The number of fused-ring (bicyclic) bond motifs is 1. The third-order valence-corrected chi connectivity index (χ3v) is 8.24. The third-order valence-electron chi connectivity index (χ3n) is 8.24. The molecule has 1 aromatic rings. The Morgan fingerprint density at radius 3 is 2.43 bits per heavy atom. The van der Waals surface area contributed by atoms with E-state index in [2.05, 4.69) is 28.9 Å². The molecule has 1 aliphatic carbocycles. The Morgan fingerprint density at radius 1 is 1.13 bits per heavy atom.